The molecule has 3 aromatic rings. The van der Waals surface area contributed by atoms with E-state index in [0.717, 1.165) is 21.4 Å². The molecule has 11 nitrogen and oxygen atoms in total. The standard InChI is InChI=1S/C24H31N7O4/c1-34-19-9-5-17(6-10-19)4-3-15-30-23(32)29-22(28-14-13-27-21(25)26)31(24(30)33)16-18-7-11-20(35-2)12-8-18/h5-12H,3-4,13-16H2,1-2H3,(H4,25,26,27)(H,28,29,32). The molecule has 3 rings (SSSR count). The number of guanidine groups is 1. The molecule has 0 bridgehead atoms. The number of methoxy groups -OCH3 is 2. The van der Waals surface area contributed by atoms with Crippen LogP contribution in [-0.2, 0) is 19.5 Å². The monoisotopic (exact) mass is 481 g/mol. The van der Waals surface area contributed by atoms with Crippen LogP contribution in [0.25, 0.3) is 0 Å². The number of ether oxygens (including phenoxy) is 2. The Morgan fingerprint density at radius 2 is 1.54 bits per heavy atom. The summed E-state index contributed by atoms with van der Waals surface area (Å²) >= 11 is 0. The molecule has 0 saturated heterocycles. The zero-order valence-corrected chi connectivity index (χ0v) is 19.9. The van der Waals surface area contributed by atoms with E-state index in [1.54, 1.807) is 14.2 Å². The molecule has 1 heterocycles. The number of hydrogen-bond acceptors (Lipinski definition) is 7. The lowest BCUT2D eigenvalue weighted by Crippen LogP contribution is -2.43. The number of aromatic nitrogens is 3. The molecule has 2 aromatic carbocycles. The first kappa shape index (κ1) is 25.3. The number of anilines is 1. The van der Waals surface area contributed by atoms with Gasteiger partial charge in [0, 0.05) is 13.1 Å². The Morgan fingerprint density at radius 3 is 2.11 bits per heavy atom. The molecule has 0 fully saturated rings. The first-order chi connectivity index (χ1) is 16.9. The van der Waals surface area contributed by atoms with Crippen molar-refractivity contribution in [1.82, 2.24) is 14.1 Å². The second-order valence-electron chi connectivity index (χ2n) is 7.77. The van der Waals surface area contributed by atoms with Crippen molar-refractivity contribution < 1.29 is 9.47 Å². The highest BCUT2D eigenvalue weighted by Gasteiger charge is 2.14. The Kier molecular flexibility index (Phi) is 8.88. The predicted molar refractivity (Wildman–Crippen MR) is 135 cm³/mol. The predicted octanol–water partition coefficient (Wildman–Crippen LogP) is 0.789. The Morgan fingerprint density at radius 1 is 0.943 bits per heavy atom. The zero-order chi connectivity index (χ0) is 25.2. The van der Waals surface area contributed by atoms with Gasteiger partial charge in [0.2, 0.25) is 5.95 Å². The van der Waals surface area contributed by atoms with Gasteiger partial charge in [-0.25, -0.2) is 14.2 Å². The van der Waals surface area contributed by atoms with E-state index in [1.807, 2.05) is 48.5 Å². The molecule has 0 unspecified atom stereocenters. The SMILES string of the molecule is COc1ccc(CCCn2c(=O)nc(NCCN=C(N)N)n(Cc3ccc(OC)cc3)c2=O)cc1. The van der Waals surface area contributed by atoms with Crippen LogP contribution in [0.4, 0.5) is 5.95 Å². The van der Waals surface area contributed by atoms with E-state index in [4.69, 9.17) is 20.9 Å². The number of nitrogens with one attached hydrogen (secondary N) is 1. The number of benzene rings is 2. The van der Waals surface area contributed by atoms with Crippen LogP contribution in [0.5, 0.6) is 11.5 Å². The Hall–Kier alpha value is -4.28. The van der Waals surface area contributed by atoms with E-state index in [0.29, 0.717) is 25.1 Å². The van der Waals surface area contributed by atoms with Crippen molar-refractivity contribution in [3.63, 3.8) is 0 Å². The fraction of sp³-hybridized carbons (Fsp3) is 0.333. The summed E-state index contributed by atoms with van der Waals surface area (Å²) in [6.07, 6.45) is 1.30. The summed E-state index contributed by atoms with van der Waals surface area (Å²) in [4.78, 5) is 34.1. The molecular formula is C24H31N7O4. The highest BCUT2D eigenvalue weighted by molar-refractivity contribution is 5.75. The van der Waals surface area contributed by atoms with Gasteiger partial charge in [-0.3, -0.25) is 9.56 Å². The molecule has 35 heavy (non-hydrogen) atoms. The first-order valence-electron chi connectivity index (χ1n) is 11.2. The summed E-state index contributed by atoms with van der Waals surface area (Å²) in [7, 11) is 3.20. The molecule has 0 atom stereocenters. The number of aryl methyl sites for hydroxylation is 1. The van der Waals surface area contributed by atoms with Gasteiger partial charge in [0.15, 0.2) is 5.96 Å². The molecular weight excluding hydrogens is 450 g/mol. The molecule has 186 valence electrons. The molecule has 11 heteroatoms. The van der Waals surface area contributed by atoms with Crippen LogP contribution in [0.15, 0.2) is 63.1 Å². The van der Waals surface area contributed by atoms with Gasteiger partial charge in [-0.2, -0.15) is 4.98 Å². The lowest BCUT2D eigenvalue weighted by Gasteiger charge is -2.15. The molecule has 1 aromatic heterocycles. The first-order valence-corrected chi connectivity index (χ1v) is 11.2. The summed E-state index contributed by atoms with van der Waals surface area (Å²) in [5.41, 5.74) is 11.6. The van der Waals surface area contributed by atoms with Gasteiger partial charge in [0.25, 0.3) is 0 Å². The van der Waals surface area contributed by atoms with E-state index in [2.05, 4.69) is 15.3 Å². The lowest BCUT2D eigenvalue weighted by atomic mass is 10.1. The summed E-state index contributed by atoms with van der Waals surface area (Å²) in [6, 6.07) is 15.0. The number of rotatable bonds is 12. The average Bonchev–Trinajstić information content (AvgIpc) is 2.86. The van der Waals surface area contributed by atoms with Crippen LogP contribution in [-0.4, -0.2) is 47.4 Å². The third-order valence-electron chi connectivity index (χ3n) is 5.35. The van der Waals surface area contributed by atoms with Crippen LogP contribution in [0.1, 0.15) is 17.5 Å². The molecule has 0 aliphatic heterocycles. The van der Waals surface area contributed by atoms with Crippen molar-refractivity contribution in [3.8, 4) is 11.5 Å². The van der Waals surface area contributed by atoms with Crippen molar-refractivity contribution in [2.24, 2.45) is 16.5 Å². The van der Waals surface area contributed by atoms with Crippen LogP contribution in [0, 0.1) is 0 Å². The average molecular weight is 482 g/mol. The van der Waals surface area contributed by atoms with Gasteiger partial charge < -0.3 is 26.3 Å². The highest BCUT2D eigenvalue weighted by Crippen LogP contribution is 2.14. The van der Waals surface area contributed by atoms with Crippen molar-refractivity contribution in [2.75, 3.05) is 32.6 Å². The highest BCUT2D eigenvalue weighted by atomic mass is 16.5. The minimum absolute atomic E-state index is 0.0392. The van der Waals surface area contributed by atoms with E-state index in [-0.39, 0.29) is 31.5 Å². The van der Waals surface area contributed by atoms with Crippen LogP contribution in [0.3, 0.4) is 0 Å². The maximum absolute atomic E-state index is 13.3. The molecule has 0 aliphatic carbocycles. The fourth-order valence-electron chi connectivity index (χ4n) is 3.50. The van der Waals surface area contributed by atoms with Gasteiger partial charge in [-0.1, -0.05) is 24.3 Å². The number of nitrogens with two attached hydrogens (primary N) is 2. The maximum atomic E-state index is 13.3. The second-order valence-corrected chi connectivity index (χ2v) is 7.77. The summed E-state index contributed by atoms with van der Waals surface area (Å²) in [5, 5.41) is 3.00. The zero-order valence-electron chi connectivity index (χ0n) is 19.9. The van der Waals surface area contributed by atoms with Gasteiger partial charge in [-0.15, -0.1) is 0 Å². The molecule has 0 aliphatic rings. The smallest absolute Gasteiger partial charge is 0.354 e. The Labute approximate surface area is 203 Å². The Bertz CT molecular complexity index is 1240. The molecule has 5 N–H and O–H groups in total. The molecule has 0 spiro atoms. The van der Waals surface area contributed by atoms with Gasteiger partial charge >= 0.3 is 11.4 Å². The third kappa shape index (κ3) is 7.10. The van der Waals surface area contributed by atoms with Crippen molar-refractivity contribution >= 4 is 11.9 Å². The van der Waals surface area contributed by atoms with Crippen LogP contribution >= 0.6 is 0 Å². The maximum Gasteiger partial charge on any atom is 0.354 e. The Balaban J connectivity index is 1.82. The third-order valence-corrected chi connectivity index (χ3v) is 5.35. The minimum atomic E-state index is -0.611. The molecule has 0 radical (unpaired) electrons. The van der Waals surface area contributed by atoms with Crippen LogP contribution < -0.4 is 37.6 Å². The lowest BCUT2D eigenvalue weighted by molar-refractivity contribution is 0.414. The van der Waals surface area contributed by atoms with Crippen molar-refractivity contribution in [3.05, 3.63) is 80.6 Å². The summed E-state index contributed by atoms with van der Waals surface area (Å²) in [5.74, 6) is 1.60. The summed E-state index contributed by atoms with van der Waals surface area (Å²) in [6.45, 7) is 1.03. The van der Waals surface area contributed by atoms with Gasteiger partial charge in [0.05, 0.1) is 27.3 Å². The van der Waals surface area contributed by atoms with E-state index < -0.39 is 11.4 Å². The van der Waals surface area contributed by atoms with E-state index >= 15 is 0 Å². The summed E-state index contributed by atoms with van der Waals surface area (Å²) < 4.78 is 13.0. The molecule has 0 saturated carbocycles. The largest absolute Gasteiger partial charge is 0.497 e. The fourth-order valence-corrected chi connectivity index (χ4v) is 3.50. The topological polar surface area (TPSA) is 152 Å². The van der Waals surface area contributed by atoms with Crippen LogP contribution in [0.2, 0.25) is 0 Å². The van der Waals surface area contributed by atoms with Gasteiger partial charge in [-0.05, 0) is 48.2 Å². The normalized spacial score (nSPS) is 10.6. The second kappa shape index (κ2) is 12.3. The van der Waals surface area contributed by atoms with Gasteiger partial charge in [0.1, 0.15) is 11.5 Å². The molecule has 0 amide bonds. The quantitative estimate of drug-likeness (QED) is 0.195. The number of hydrogen-bond donors (Lipinski definition) is 3. The van der Waals surface area contributed by atoms with Crippen molar-refractivity contribution in [1.29, 1.82) is 0 Å². The van der Waals surface area contributed by atoms with Crippen molar-refractivity contribution in [2.45, 2.75) is 25.9 Å². The number of nitrogens with zero attached hydrogens (tertiary/aromatic N) is 4. The van der Waals surface area contributed by atoms with E-state index in [9.17, 15) is 9.59 Å². The van der Waals surface area contributed by atoms with E-state index in [1.165, 1.54) is 4.57 Å². The minimum Gasteiger partial charge on any atom is -0.497 e. The number of aliphatic imine (C=N–C) groups is 1.